The molecule has 4 heteroatoms. The Kier molecular flexibility index (Phi) is 4.32. The Hall–Kier alpha value is -1.68. The molecule has 1 aliphatic rings. The molecule has 0 saturated carbocycles. The molecule has 0 N–H and O–H groups in total. The number of allylic oxidation sites excluding steroid dienone is 1. The second-order valence-corrected chi connectivity index (χ2v) is 5.06. The van der Waals surface area contributed by atoms with Crippen LogP contribution < -0.4 is 0 Å². The minimum absolute atomic E-state index is 0.0521. The molecule has 1 aliphatic heterocycles. The number of rotatable bonds is 2. The molecule has 2 heterocycles. The zero-order valence-electron chi connectivity index (χ0n) is 11.7. The van der Waals surface area contributed by atoms with Gasteiger partial charge in [0.2, 0.25) is 5.91 Å². The second kappa shape index (κ2) is 5.97. The average Bonchev–Trinajstić information content (AvgIpc) is 2.38. The van der Waals surface area contributed by atoms with Crippen LogP contribution in [-0.4, -0.2) is 41.1 Å². The maximum atomic E-state index is 12.3. The molecule has 19 heavy (non-hydrogen) atoms. The van der Waals surface area contributed by atoms with Crippen LogP contribution >= 0.6 is 0 Å². The van der Waals surface area contributed by atoms with Gasteiger partial charge in [0.25, 0.3) is 0 Å². The van der Waals surface area contributed by atoms with Gasteiger partial charge in [0, 0.05) is 31.6 Å². The van der Waals surface area contributed by atoms with E-state index in [0.717, 1.165) is 11.1 Å². The molecule has 1 aromatic rings. The van der Waals surface area contributed by atoms with Gasteiger partial charge in [-0.2, -0.15) is 0 Å². The molecular formula is C15H20N2O2. The summed E-state index contributed by atoms with van der Waals surface area (Å²) >= 11 is 0. The highest BCUT2D eigenvalue weighted by Gasteiger charge is 2.24. The van der Waals surface area contributed by atoms with Gasteiger partial charge in [-0.3, -0.25) is 9.78 Å². The van der Waals surface area contributed by atoms with Crippen LogP contribution in [0.2, 0.25) is 0 Å². The van der Waals surface area contributed by atoms with Crippen LogP contribution in [0.25, 0.3) is 5.57 Å². The van der Waals surface area contributed by atoms with Crippen molar-refractivity contribution in [1.29, 1.82) is 0 Å². The van der Waals surface area contributed by atoms with Crippen molar-refractivity contribution in [2.24, 2.45) is 0 Å². The Labute approximate surface area is 114 Å². The van der Waals surface area contributed by atoms with Gasteiger partial charge in [0.15, 0.2) is 0 Å². The topological polar surface area (TPSA) is 42.4 Å². The fraction of sp³-hybridized carbons (Fsp3) is 0.467. The first-order valence-corrected chi connectivity index (χ1v) is 6.59. The molecule has 0 spiro atoms. The summed E-state index contributed by atoms with van der Waals surface area (Å²) in [5.41, 5.74) is 1.98. The van der Waals surface area contributed by atoms with Crippen LogP contribution in [0.1, 0.15) is 26.3 Å². The van der Waals surface area contributed by atoms with Crippen molar-refractivity contribution in [3.05, 3.63) is 36.2 Å². The predicted octanol–water partition coefficient (Wildman–Crippen LogP) is 2.12. The van der Waals surface area contributed by atoms with E-state index < -0.39 is 0 Å². The molecule has 2 atom stereocenters. The van der Waals surface area contributed by atoms with Gasteiger partial charge in [-0.05, 0) is 44.0 Å². The summed E-state index contributed by atoms with van der Waals surface area (Å²) in [6.07, 6.45) is 5.36. The molecule has 102 valence electrons. The number of hydrogen-bond donors (Lipinski definition) is 0. The number of carbonyl (C=O) groups is 1. The van der Waals surface area contributed by atoms with Crippen LogP contribution in [0.4, 0.5) is 0 Å². The number of pyridine rings is 1. The minimum Gasteiger partial charge on any atom is -0.372 e. The highest BCUT2D eigenvalue weighted by molar-refractivity contribution is 5.94. The SMILES string of the molecule is CC(=CC(=O)N1CC(C)OC(C)C1)c1ccncc1. The second-order valence-electron chi connectivity index (χ2n) is 5.06. The Morgan fingerprint density at radius 1 is 1.32 bits per heavy atom. The largest absolute Gasteiger partial charge is 0.372 e. The molecular weight excluding hydrogens is 240 g/mol. The van der Waals surface area contributed by atoms with Gasteiger partial charge in [-0.15, -0.1) is 0 Å². The quantitative estimate of drug-likeness (QED) is 0.765. The number of ether oxygens (including phenoxy) is 1. The normalized spacial score (nSPS) is 24.4. The van der Waals surface area contributed by atoms with E-state index in [2.05, 4.69) is 4.98 Å². The molecule has 2 rings (SSSR count). The maximum Gasteiger partial charge on any atom is 0.247 e. The van der Waals surface area contributed by atoms with E-state index in [1.807, 2.05) is 37.8 Å². The number of amides is 1. The summed E-state index contributed by atoms with van der Waals surface area (Å²) in [6, 6.07) is 3.81. The van der Waals surface area contributed by atoms with E-state index in [1.54, 1.807) is 18.5 Å². The number of carbonyl (C=O) groups excluding carboxylic acids is 1. The van der Waals surface area contributed by atoms with Crippen LogP contribution in [0.15, 0.2) is 30.6 Å². The first kappa shape index (κ1) is 13.7. The van der Waals surface area contributed by atoms with Crippen molar-refractivity contribution in [3.8, 4) is 0 Å². The van der Waals surface area contributed by atoms with Gasteiger partial charge in [-0.1, -0.05) is 0 Å². The number of hydrogen-bond acceptors (Lipinski definition) is 3. The first-order valence-electron chi connectivity index (χ1n) is 6.59. The van der Waals surface area contributed by atoms with Crippen molar-refractivity contribution in [1.82, 2.24) is 9.88 Å². The third-order valence-electron chi connectivity index (χ3n) is 3.21. The Balaban J connectivity index is 2.08. The lowest BCUT2D eigenvalue weighted by Crippen LogP contribution is -2.47. The molecule has 2 unspecified atom stereocenters. The number of aromatic nitrogens is 1. The Morgan fingerprint density at radius 2 is 1.89 bits per heavy atom. The molecule has 4 nitrogen and oxygen atoms in total. The summed E-state index contributed by atoms with van der Waals surface area (Å²) in [5, 5.41) is 0. The summed E-state index contributed by atoms with van der Waals surface area (Å²) in [7, 11) is 0. The lowest BCUT2D eigenvalue weighted by atomic mass is 10.1. The molecule has 1 amide bonds. The third-order valence-corrected chi connectivity index (χ3v) is 3.21. The van der Waals surface area contributed by atoms with Crippen LogP contribution in [0, 0.1) is 0 Å². The summed E-state index contributed by atoms with van der Waals surface area (Å²) in [6.45, 7) is 7.25. The molecule has 0 bridgehead atoms. The minimum atomic E-state index is 0.0521. The van der Waals surface area contributed by atoms with E-state index in [1.165, 1.54) is 0 Å². The van der Waals surface area contributed by atoms with Gasteiger partial charge in [0.05, 0.1) is 12.2 Å². The van der Waals surface area contributed by atoms with Crippen molar-refractivity contribution < 1.29 is 9.53 Å². The van der Waals surface area contributed by atoms with Gasteiger partial charge in [-0.25, -0.2) is 0 Å². The van der Waals surface area contributed by atoms with Gasteiger partial charge in [0.1, 0.15) is 0 Å². The van der Waals surface area contributed by atoms with Crippen molar-refractivity contribution in [2.45, 2.75) is 33.0 Å². The molecule has 0 aromatic carbocycles. The van der Waals surface area contributed by atoms with E-state index in [0.29, 0.717) is 13.1 Å². The van der Waals surface area contributed by atoms with Crippen LogP contribution in [0.3, 0.4) is 0 Å². The van der Waals surface area contributed by atoms with Crippen LogP contribution in [-0.2, 0) is 9.53 Å². The highest BCUT2D eigenvalue weighted by atomic mass is 16.5. The molecule has 1 fully saturated rings. The third kappa shape index (κ3) is 3.64. The van der Waals surface area contributed by atoms with E-state index in [-0.39, 0.29) is 18.1 Å². The molecule has 1 aromatic heterocycles. The summed E-state index contributed by atoms with van der Waals surface area (Å²) in [4.78, 5) is 18.1. The zero-order chi connectivity index (χ0) is 13.8. The van der Waals surface area contributed by atoms with E-state index in [9.17, 15) is 4.79 Å². The smallest absolute Gasteiger partial charge is 0.247 e. The number of nitrogens with zero attached hydrogens (tertiary/aromatic N) is 2. The molecule has 0 radical (unpaired) electrons. The van der Waals surface area contributed by atoms with Crippen molar-refractivity contribution in [2.75, 3.05) is 13.1 Å². The van der Waals surface area contributed by atoms with E-state index in [4.69, 9.17) is 4.74 Å². The lowest BCUT2D eigenvalue weighted by molar-refractivity contribution is -0.137. The zero-order valence-corrected chi connectivity index (χ0v) is 11.7. The Morgan fingerprint density at radius 3 is 2.47 bits per heavy atom. The fourth-order valence-corrected chi connectivity index (χ4v) is 2.33. The fourth-order valence-electron chi connectivity index (χ4n) is 2.33. The average molecular weight is 260 g/mol. The van der Waals surface area contributed by atoms with Gasteiger partial charge >= 0.3 is 0 Å². The van der Waals surface area contributed by atoms with Crippen molar-refractivity contribution >= 4 is 11.5 Å². The standard InChI is InChI=1S/C15H20N2O2/c1-11(14-4-6-16-7-5-14)8-15(18)17-9-12(2)19-13(3)10-17/h4-8,12-13H,9-10H2,1-3H3. The summed E-state index contributed by atoms with van der Waals surface area (Å²) in [5.74, 6) is 0.0521. The van der Waals surface area contributed by atoms with E-state index >= 15 is 0 Å². The molecule has 0 aliphatic carbocycles. The first-order chi connectivity index (χ1) is 9.06. The lowest BCUT2D eigenvalue weighted by Gasteiger charge is -2.34. The highest BCUT2D eigenvalue weighted by Crippen LogP contribution is 2.15. The van der Waals surface area contributed by atoms with Crippen LogP contribution in [0.5, 0.6) is 0 Å². The maximum absolute atomic E-state index is 12.3. The number of morpholine rings is 1. The predicted molar refractivity (Wildman–Crippen MR) is 74.5 cm³/mol. The monoisotopic (exact) mass is 260 g/mol. The van der Waals surface area contributed by atoms with Crippen molar-refractivity contribution in [3.63, 3.8) is 0 Å². The summed E-state index contributed by atoms with van der Waals surface area (Å²) < 4.78 is 5.63. The Bertz CT molecular complexity index is 460. The molecule has 1 saturated heterocycles. The van der Waals surface area contributed by atoms with Gasteiger partial charge < -0.3 is 9.64 Å².